The standard InChI is InChI=1S/C24H30N4O2/c1-3-14-29-17-21-13-9-8-12-20(21)15-26-24(25-4-2)27-16-22-18-30-23(28-22)19-10-6-5-7-11-19/h5-13,18H,3-4,14-17H2,1-2H3,(H2,25,26,27). The molecule has 0 atom stereocenters. The normalized spacial score (nSPS) is 11.5. The third-order valence-electron chi connectivity index (χ3n) is 4.49. The number of hydrogen-bond donors (Lipinski definition) is 2. The topological polar surface area (TPSA) is 71.7 Å². The van der Waals surface area contributed by atoms with E-state index in [2.05, 4.69) is 34.7 Å². The summed E-state index contributed by atoms with van der Waals surface area (Å²) in [4.78, 5) is 9.29. The van der Waals surface area contributed by atoms with Gasteiger partial charge in [-0.05, 0) is 36.6 Å². The number of oxazole rings is 1. The second-order valence-corrected chi connectivity index (χ2v) is 6.88. The number of rotatable bonds is 10. The molecule has 3 rings (SSSR count). The molecule has 1 aromatic heterocycles. The number of hydrogen-bond acceptors (Lipinski definition) is 4. The van der Waals surface area contributed by atoms with Crippen LogP contribution < -0.4 is 10.6 Å². The molecule has 0 aliphatic rings. The SMILES string of the molecule is CCCOCc1ccccc1CN=C(NCC)NCc1coc(-c2ccccc2)n1. The molecule has 3 aromatic rings. The van der Waals surface area contributed by atoms with Crippen molar-refractivity contribution in [1.29, 1.82) is 0 Å². The van der Waals surface area contributed by atoms with Crippen LogP contribution in [0.4, 0.5) is 0 Å². The second-order valence-electron chi connectivity index (χ2n) is 6.88. The van der Waals surface area contributed by atoms with Crippen molar-refractivity contribution in [2.45, 2.75) is 40.0 Å². The third-order valence-corrected chi connectivity index (χ3v) is 4.49. The molecule has 0 unspecified atom stereocenters. The Morgan fingerprint density at radius 2 is 1.77 bits per heavy atom. The second kappa shape index (κ2) is 11.8. The lowest BCUT2D eigenvalue weighted by atomic mass is 10.1. The number of ether oxygens (including phenoxy) is 1. The fourth-order valence-electron chi connectivity index (χ4n) is 2.96. The van der Waals surface area contributed by atoms with Gasteiger partial charge in [-0.15, -0.1) is 0 Å². The molecule has 30 heavy (non-hydrogen) atoms. The molecule has 1 heterocycles. The van der Waals surface area contributed by atoms with E-state index in [0.29, 0.717) is 25.6 Å². The van der Waals surface area contributed by atoms with Gasteiger partial charge in [-0.2, -0.15) is 0 Å². The zero-order chi connectivity index (χ0) is 21.0. The molecule has 6 heteroatoms. The molecule has 2 aromatic carbocycles. The van der Waals surface area contributed by atoms with Crippen LogP contribution in [-0.4, -0.2) is 24.1 Å². The van der Waals surface area contributed by atoms with Crippen LogP contribution in [0.2, 0.25) is 0 Å². The minimum absolute atomic E-state index is 0.531. The van der Waals surface area contributed by atoms with Gasteiger partial charge < -0.3 is 19.8 Å². The van der Waals surface area contributed by atoms with Gasteiger partial charge in [0.25, 0.3) is 0 Å². The predicted octanol–water partition coefficient (Wildman–Crippen LogP) is 4.52. The fourth-order valence-corrected chi connectivity index (χ4v) is 2.96. The Morgan fingerprint density at radius 3 is 2.53 bits per heavy atom. The summed E-state index contributed by atoms with van der Waals surface area (Å²) in [6.07, 6.45) is 2.70. The quantitative estimate of drug-likeness (QED) is 0.294. The number of aliphatic imine (C=N–C) groups is 1. The first-order chi connectivity index (χ1) is 14.8. The van der Waals surface area contributed by atoms with Crippen LogP contribution in [-0.2, 0) is 24.4 Å². The smallest absolute Gasteiger partial charge is 0.226 e. The Hall–Kier alpha value is -3.12. The van der Waals surface area contributed by atoms with Crippen molar-refractivity contribution in [3.8, 4) is 11.5 Å². The summed E-state index contributed by atoms with van der Waals surface area (Å²) in [5.41, 5.74) is 4.13. The van der Waals surface area contributed by atoms with Gasteiger partial charge in [0.1, 0.15) is 6.26 Å². The molecule has 0 spiro atoms. The maximum absolute atomic E-state index is 5.71. The molecule has 0 bridgehead atoms. The molecule has 0 aliphatic carbocycles. The Labute approximate surface area is 178 Å². The molecule has 0 saturated heterocycles. The maximum Gasteiger partial charge on any atom is 0.226 e. The van der Waals surface area contributed by atoms with Crippen LogP contribution in [0.5, 0.6) is 0 Å². The van der Waals surface area contributed by atoms with Gasteiger partial charge in [-0.3, -0.25) is 0 Å². The van der Waals surface area contributed by atoms with Crippen molar-refractivity contribution < 1.29 is 9.15 Å². The van der Waals surface area contributed by atoms with Crippen LogP contribution in [0, 0.1) is 0 Å². The summed E-state index contributed by atoms with van der Waals surface area (Å²) in [5.74, 6) is 1.36. The Balaban J connectivity index is 1.61. The van der Waals surface area contributed by atoms with Gasteiger partial charge in [-0.25, -0.2) is 9.98 Å². The molecular weight excluding hydrogens is 376 g/mol. The van der Waals surface area contributed by atoms with E-state index >= 15 is 0 Å². The molecule has 158 valence electrons. The zero-order valence-corrected chi connectivity index (χ0v) is 17.7. The average molecular weight is 407 g/mol. The van der Waals surface area contributed by atoms with Crippen LogP contribution in [0.15, 0.2) is 70.3 Å². The highest BCUT2D eigenvalue weighted by atomic mass is 16.5. The van der Waals surface area contributed by atoms with E-state index in [-0.39, 0.29) is 0 Å². The molecule has 0 radical (unpaired) electrons. The first kappa shape index (κ1) is 21.6. The molecular formula is C24H30N4O2. The highest BCUT2D eigenvalue weighted by Crippen LogP contribution is 2.17. The van der Waals surface area contributed by atoms with E-state index in [9.17, 15) is 0 Å². The van der Waals surface area contributed by atoms with Gasteiger partial charge in [0, 0.05) is 18.7 Å². The molecule has 0 fully saturated rings. The number of nitrogens with one attached hydrogen (secondary N) is 2. The van der Waals surface area contributed by atoms with E-state index in [1.54, 1.807) is 6.26 Å². The van der Waals surface area contributed by atoms with E-state index in [4.69, 9.17) is 14.1 Å². The minimum Gasteiger partial charge on any atom is -0.444 e. The fraction of sp³-hybridized carbons (Fsp3) is 0.333. The molecule has 0 amide bonds. The van der Waals surface area contributed by atoms with Gasteiger partial charge in [-0.1, -0.05) is 49.4 Å². The van der Waals surface area contributed by atoms with Crippen molar-refractivity contribution in [3.05, 3.63) is 77.7 Å². The first-order valence-electron chi connectivity index (χ1n) is 10.5. The van der Waals surface area contributed by atoms with Crippen LogP contribution in [0.3, 0.4) is 0 Å². The number of nitrogens with zero attached hydrogens (tertiary/aromatic N) is 2. The number of aromatic nitrogens is 1. The largest absolute Gasteiger partial charge is 0.444 e. The van der Waals surface area contributed by atoms with E-state index in [0.717, 1.165) is 36.8 Å². The summed E-state index contributed by atoms with van der Waals surface area (Å²) in [5, 5.41) is 6.61. The van der Waals surface area contributed by atoms with Gasteiger partial charge >= 0.3 is 0 Å². The molecule has 0 aliphatic heterocycles. The van der Waals surface area contributed by atoms with Crippen LogP contribution in [0.25, 0.3) is 11.5 Å². The minimum atomic E-state index is 0.531. The number of benzene rings is 2. The monoisotopic (exact) mass is 406 g/mol. The summed E-state index contributed by atoms with van der Waals surface area (Å²) < 4.78 is 11.3. The van der Waals surface area contributed by atoms with Crippen LogP contribution >= 0.6 is 0 Å². The summed E-state index contributed by atoms with van der Waals surface area (Å²) in [6, 6.07) is 18.2. The molecule has 2 N–H and O–H groups in total. The lowest BCUT2D eigenvalue weighted by Gasteiger charge is -2.12. The van der Waals surface area contributed by atoms with E-state index in [1.807, 2.05) is 49.4 Å². The lowest BCUT2D eigenvalue weighted by molar-refractivity contribution is 0.121. The van der Waals surface area contributed by atoms with Gasteiger partial charge in [0.05, 0.1) is 25.4 Å². The predicted molar refractivity (Wildman–Crippen MR) is 120 cm³/mol. The molecule has 6 nitrogen and oxygen atoms in total. The summed E-state index contributed by atoms with van der Waals surface area (Å²) >= 11 is 0. The molecule has 0 saturated carbocycles. The summed E-state index contributed by atoms with van der Waals surface area (Å²) in [7, 11) is 0. The Kier molecular flexibility index (Phi) is 8.47. The maximum atomic E-state index is 5.71. The van der Waals surface area contributed by atoms with Gasteiger partial charge in [0.2, 0.25) is 5.89 Å². The highest BCUT2D eigenvalue weighted by molar-refractivity contribution is 5.79. The Morgan fingerprint density at radius 1 is 1.00 bits per heavy atom. The van der Waals surface area contributed by atoms with E-state index < -0.39 is 0 Å². The Bertz CT molecular complexity index is 922. The summed E-state index contributed by atoms with van der Waals surface area (Å²) in [6.45, 7) is 7.43. The number of guanidine groups is 1. The third kappa shape index (κ3) is 6.46. The zero-order valence-electron chi connectivity index (χ0n) is 17.7. The lowest BCUT2D eigenvalue weighted by Crippen LogP contribution is -2.36. The van der Waals surface area contributed by atoms with Crippen LogP contribution in [0.1, 0.15) is 37.1 Å². The van der Waals surface area contributed by atoms with E-state index in [1.165, 1.54) is 11.1 Å². The van der Waals surface area contributed by atoms with Crippen molar-refractivity contribution in [2.24, 2.45) is 4.99 Å². The highest BCUT2D eigenvalue weighted by Gasteiger charge is 2.07. The first-order valence-corrected chi connectivity index (χ1v) is 10.5. The van der Waals surface area contributed by atoms with Crippen molar-refractivity contribution in [3.63, 3.8) is 0 Å². The van der Waals surface area contributed by atoms with Gasteiger partial charge in [0.15, 0.2) is 5.96 Å². The van der Waals surface area contributed by atoms with Crippen molar-refractivity contribution in [1.82, 2.24) is 15.6 Å². The average Bonchev–Trinajstić information content (AvgIpc) is 3.26. The van der Waals surface area contributed by atoms with Crippen molar-refractivity contribution in [2.75, 3.05) is 13.2 Å². The van der Waals surface area contributed by atoms with Crippen molar-refractivity contribution >= 4 is 5.96 Å².